The molecule has 0 saturated carbocycles. The predicted octanol–water partition coefficient (Wildman–Crippen LogP) is 3.00. The molecular weight excluding hydrogens is 278 g/mol. The van der Waals surface area contributed by atoms with Crippen molar-refractivity contribution in [3.63, 3.8) is 0 Å². The SMILES string of the molecule is CCCOc1cc(C)c(C)cc1C(=O)CCN1CCOCC1. The summed E-state index contributed by atoms with van der Waals surface area (Å²) >= 11 is 0. The Morgan fingerprint density at radius 1 is 1.23 bits per heavy atom. The molecule has 0 N–H and O–H groups in total. The highest BCUT2D eigenvalue weighted by atomic mass is 16.5. The van der Waals surface area contributed by atoms with Gasteiger partial charge in [-0.3, -0.25) is 9.69 Å². The van der Waals surface area contributed by atoms with Crippen LogP contribution in [0.2, 0.25) is 0 Å². The van der Waals surface area contributed by atoms with Crippen LogP contribution in [0.4, 0.5) is 0 Å². The molecule has 1 aromatic rings. The monoisotopic (exact) mass is 305 g/mol. The maximum atomic E-state index is 12.6. The lowest BCUT2D eigenvalue weighted by atomic mass is 10.0. The first-order chi connectivity index (χ1) is 10.6. The standard InChI is InChI=1S/C18H27NO3/c1-4-9-22-18-13-15(3)14(2)12-16(18)17(20)5-6-19-7-10-21-11-8-19/h12-13H,4-11H2,1-3H3. The summed E-state index contributed by atoms with van der Waals surface area (Å²) in [7, 11) is 0. The molecule has 0 atom stereocenters. The average molecular weight is 305 g/mol. The van der Waals surface area contributed by atoms with Gasteiger partial charge >= 0.3 is 0 Å². The highest BCUT2D eigenvalue weighted by molar-refractivity contribution is 5.99. The van der Waals surface area contributed by atoms with Gasteiger partial charge in [0.1, 0.15) is 5.75 Å². The number of nitrogens with zero attached hydrogens (tertiary/aromatic N) is 1. The molecule has 0 unspecified atom stereocenters. The van der Waals surface area contributed by atoms with Crippen LogP contribution in [-0.4, -0.2) is 50.1 Å². The molecule has 1 aliphatic rings. The molecule has 2 rings (SSSR count). The van der Waals surface area contributed by atoms with E-state index >= 15 is 0 Å². The van der Waals surface area contributed by atoms with Crippen LogP contribution >= 0.6 is 0 Å². The number of hydrogen-bond acceptors (Lipinski definition) is 4. The van der Waals surface area contributed by atoms with Gasteiger partial charge < -0.3 is 9.47 Å². The third kappa shape index (κ3) is 4.55. The first-order valence-electron chi connectivity index (χ1n) is 8.19. The highest BCUT2D eigenvalue weighted by Gasteiger charge is 2.17. The highest BCUT2D eigenvalue weighted by Crippen LogP contribution is 2.25. The van der Waals surface area contributed by atoms with Gasteiger partial charge in [0.2, 0.25) is 0 Å². The Morgan fingerprint density at radius 2 is 1.91 bits per heavy atom. The molecule has 1 aromatic carbocycles. The van der Waals surface area contributed by atoms with Crippen molar-refractivity contribution in [3.8, 4) is 5.75 Å². The molecule has 1 heterocycles. The van der Waals surface area contributed by atoms with Gasteiger partial charge in [0.05, 0.1) is 25.4 Å². The molecule has 1 aliphatic heterocycles. The second-order valence-corrected chi connectivity index (χ2v) is 5.91. The number of aryl methyl sites for hydroxylation is 2. The Bertz CT molecular complexity index is 507. The average Bonchev–Trinajstić information content (AvgIpc) is 2.54. The van der Waals surface area contributed by atoms with Gasteiger partial charge in [0.15, 0.2) is 5.78 Å². The van der Waals surface area contributed by atoms with E-state index in [9.17, 15) is 4.79 Å². The molecule has 122 valence electrons. The summed E-state index contributed by atoms with van der Waals surface area (Å²) in [5, 5.41) is 0. The summed E-state index contributed by atoms with van der Waals surface area (Å²) in [5.41, 5.74) is 3.03. The summed E-state index contributed by atoms with van der Waals surface area (Å²) in [6, 6.07) is 3.97. The third-order valence-corrected chi connectivity index (χ3v) is 4.12. The van der Waals surface area contributed by atoms with Crippen LogP contribution in [0.15, 0.2) is 12.1 Å². The van der Waals surface area contributed by atoms with Crippen LogP contribution < -0.4 is 4.74 Å². The van der Waals surface area contributed by atoms with Crippen LogP contribution in [0, 0.1) is 13.8 Å². The second-order valence-electron chi connectivity index (χ2n) is 5.91. The van der Waals surface area contributed by atoms with Crippen molar-refractivity contribution >= 4 is 5.78 Å². The zero-order chi connectivity index (χ0) is 15.9. The van der Waals surface area contributed by atoms with E-state index < -0.39 is 0 Å². The van der Waals surface area contributed by atoms with Crippen molar-refractivity contribution in [2.24, 2.45) is 0 Å². The minimum Gasteiger partial charge on any atom is -0.493 e. The first kappa shape index (κ1) is 17.0. The van der Waals surface area contributed by atoms with E-state index in [4.69, 9.17) is 9.47 Å². The maximum absolute atomic E-state index is 12.6. The lowest BCUT2D eigenvalue weighted by Gasteiger charge is -2.26. The predicted molar refractivity (Wildman–Crippen MR) is 87.9 cm³/mol. The number of benzene rings is 1. The summed E-state index contributed by atoms with van der Waals surface area (Å²) in [4.78, 5) is 14.9. The number of rotatable bonds is 7. The fourth-order valence-electron chi connectivity index (χ4n) is 2.56. The van der Waals surface area contributed by atoms with Crippen molar-refractivity contribution in [2.45, 2.75) is 33.6 Å². The molecule has 0 aromatic heterocycles. The fourth-order valence-corrected chi connectivity index (χ4v) is 2.56. The van der Waals surface area contributed by atoms with Crippen LogP contribution in [0.3, 0.4) is 0 Å². The van der Waals surface area contributed by atoms with Gasteiger partial charge in [0, 0.05) is 26.1 Å². The van der Waals surface area contributed by atoms with Gasteiger partial charge in [0.25, 0.3) is 0 Å². The Labute approximate surface area is 133 Å². The number of morpholine rings is 1. The lowest BCUT2D eigenvalue weighted by molar-refractivity contribution is 0.0370. The lowest BCUT2D eigenvalue weighted by Crippen LogP contribution is -2.37. The zero-order valence-electron chi connectivity index (χ0n) is 14.0. The van der Waals surface area contributed by atoms with Gasteiger partial charge in [-0.25, -0.2) is 0 Å². The summed E-state index contributed by atoms with van der Waals surface area (Å²) in [5.74, 6) is 0.901. The minimum atomic E-state index is 0.167. The Kier molecular flexibility index (Phi) is 6.40. The van der Waals surface area contributed by atoms with Crippen molar-refractivity contribution in [3.05, 3.63) is 28.8 Å². The molecule has 0 radical (unpaired) electrons. The van der Waals surface area contributed by atoms with Gasteiger partial charge in [-0.05, 0) is 43.5 Å². The number of ketones is 1. The van der Waals surface area contributed by atoms with Crippen LogP contribution in [0.25, 0.3) is 0 Å². The van der Waals surface area contributed by atoms with E-state index in [1.165, 1.54) is 0 Å². The molecule has 0 bridgehead atoms. The smallest absolute Gasteiger partial charge is 0.167 e. The largest absolute Gasteiger partial charge is 0.493 e. The number of Topliss-reactive ketones (excluding diaryl/α,β-unsaturated/α-hetero) is 1. The van der Waals surface area contributed by atoms with E-state index in [2.05, 4.69) is 18.7 Å². The first-order valence-corrected chi connectivity index (χ1v) is 8.19. The van der Waals surface area contributed by atoms with Crippen LogP contribution in [0.5, 0.6) is 5.75 Å². The van der Waals surface area contributed by atoms with E-state index in [-0.39, 0.29) is 5.78 Å². The Balaban J connectivity index is 2.04. The number of carbonyl (C=O) groups excluding carboxylic acids is 1. The summed E-state index contributed by atoms with van der Waals surface area (Å²) in [6.07, 6.45) is 1.47. The molecule has 4 nitrogen and oxygen atoms in total. The molecule has 0 aliphatic carbocycles. The fraction of sp³-hybridized carbons (Fsp3) is 0.611. The van der Waals surface area contributed by atoms with Crippen LogP contribution in [0.1, 0.15) is 41.3 Å². The van der Waals surface area contributed by atoms with E-state index in [0.717, 1.165) is 61.7 Å². The maximum Gasteiger partial charge on any atom is 0.167 e. The molecule has 4 heteroatoms. The summed E-state index contributed by atoms with van der Waals surface area (Å²) in [6.45, 7) is 11.0. The van der Waals surface area contributed by atoms with E-state index in [1.54, 1.807) is 0 Å². The van der Waals surface area contributed by atoms with Crippen molar-refractivity contribution in [2.75, 3.05) is 39.5 Å². The number of carbonyl (C=O) groups is 1. The molecule has 1 fully saturated rings. The Morgan fingerprint density at radius 3 is 2.59 bits per heavy atom. The summed E-state index contributed by atoms with van der Waals surface area (Å²) < 4.78 is 11.1. The topological polar surface area (TPSA) is 38.8 Å². The van der Waals surface area contributed by atoms with Crippen LogP contribution in [-0.2, 0) is 4.74 Å². The quantitative estimate of drug-likeness (QED) is 0.726. The zero-order valence-corrected chi connectivity index (χ0v) is 14.0. The normalized spacial score (nSPS) is 15.8. The Hall–Kier alpha value is -1.39. The van der Waals surface area contributed by atoms with E-state index in [0.29, 0.717) is 13.0 Å². The van der Waals surface area contributed by atoms with Gasteiger partial charge in [-0.2, -0.15) is 0 Å². The van der Waals surface area contributed by atoms with Crippen molar-refractivity contribution in [1.29, 1.82) is 0 Å². The van der Waals surface area contributed by atoms with Crippen molar-refractivity contribution in [1.82, 2.24) is 4.90 Å². The second kappa shape index (κ2) is 8.30. The van der Waals surface area contributed by atoms with Crippen molar-refractivity contribution < 1.29 is 14.3 Å². The van der Waals surface area contributed by atoms with Gasteiger partial charge in [-0.15, -0.1) is 0 Å². The molecule has 22 heavy (non-hydrogen) atoms. The molecule has 0 spiro atoms. The minimum absolute atomic E-state index is 0.167. The molecule has 0 amide bonds. The molecular formula is C18H27NO3. The third-order valence-electron chi connectivity index (χ3n) is 4.12. The van der Waals surface area contributed by atoms with Gasteiger partial charge in [-0.1, -0.05) is 6.92 Å². The molecule has 1 saturated heterocycles. The number of hydrogen-bond donors (Lipinski definition) is 0. The number of ether oxygens (including phenoxy) is 2. The van der Waals surface area contributed by atoms with E-state index in [1.807, 2.05) is 19.1 Å².